The molecule has 0 saturated carbocycles. The summed E-state index contributed by atoms with van der Waals surface area (Å²) in [4.78, 5) is 17.4. The summed E-state index contributed by atoms with van der Waals surface area (Å²) in [5.41, 5.74) is 9.60. The van der Waals surface area contributed by atoms with Crippen molar-refractivity contribution in [1.29, 1.82) is 0 Å². The highest BCUT2D eigenvalue weighted by molar-refractivity contribution is 7.15. The number of anilines is 2. The predicted octanol–water partition coefficient (Wildman–Crippen LogP) is 4.28. The molecule has 3 N–H and O–H groups in total. The topological polar surface area (TPSA) is 77.2 Å². The number of nitrogens with zero attached hydrogens (tertiary/aromatic N) is 1. The largest absolute Gasteiger partial charge is 0.484 e. The number of aromatic nitrogens is 1. The van der Waals surface area contributed by atoms with E-state index < -0.39 is 0 Å². The van der Waals surface area contributed by atoms with Gasteiger partial charge in [0.2, 0.25) is 0 Å². The van der Waals surface area contributed by atoms with Gasteiger partial charge in [-0.25, -0.2) is 4.98 Å². The highest BCUT2D eigenvalue weighted by atomic mass is 32.1. The molecule has 0 aliphatic heterocycles. The molecular formula is C20H21N3O2S. The highest BCUT2D eigenvalue weighted by Crippen LogP contribution is 2.29. The number of hydrogen-bond acceptors (Lipinski definition) is 5. The van der Waals surface area contributed by atoms with E-state index in [1.807, 2.05) is 55.5 Å². The van der Waals surface area contributed by atoms with E-state index in [2.05, 4.69) is 17.2 Å². The molecule has 0 atom stereocenters. The fourth-order valence-corrected chi connectivity index (χ4v) is 3.27. The molecule has 6 heteroatoms. The lowest BCUT2D eigenvalue weighted by atomic mass is 10.1. The number of rotatable bonds is 6. The summed E-state index contributed by atoms with van der Waals surface area (Å²) < 4.78 is 5.56. The van der Waals surface area contributed by atoms with Crippen molar-refractivity contribution < 1.29 is 9.53 Å². The summed E-state index contributed by atoms with van der Waals surface area (Å²) in [5, 5.41) is 3.38. The summed E-state index contributed by atoms with van der Waals surface area (Å²) >= 11 is 1.47. The van der Waals surface area contributed by atoms with Crippen LogP contribution in [0.4, 0.5) is 10.8 Å². The smallest absolute Gasteiger partial charge is 0.262 e. The number of nitrogens with two attached hydrogens (primary N) is 1. The standard InChI is InChI=1S/C20H21N3O2S/c1-3-14-4-8-16(9-5-14)22-18(24)12-25-17-10-6-15(7-11-17)19-13(2)26-20(21)23-19/h4-11H,3,12H2,1-2H3,(H2,21,23)(H,22,24). The SMILES string of the molecule is CCc1ccc(NC(=O)COc2ccc(-c3nc(N)sc3C)cc2)cc1. The summed E-state index contributed by atoms with van der Waals surface area (Å²) in [6.45, 7) is 4.04. The molecule has 1 amide bonds. The molecule has 0 aliphatic rings. The van der Waals surface area contributed by atoms with Crippen molar-refractivity contribution in [1.82, 2.24) is 4.98 Å². The van der Waals surface area contributed by atoms with Gasteiger partial charge in [-0.1, -0.05) is 19.1 Å². The van der Waals surface area contributed by atoms with E-state index in [9.17, 15) is 4.79 Å². The van der Waals surface area contributed by atoms with Crippen molar-refractivity contribution in [3.63, 3.8) is 0 Å². The Morgan fingerprint density at radius 2 is 1.85 bits per heavy atom. The van der Waals surface area contributed by atoms with Gasteiger partial charge in [0.05, 0.1) is 5.69 Å². The first-order chi connectivity index (χ1) is 12.5. The monoisotopic (exact) mass is 367 g/mol. The number of hydrogen-bond donors (Lipinski definition) is 2. The molecule has 134 valence electrons. The van der Waals surface area contributed by atoms with Crippen LogP contribution in [0.25, 0.3) is 11.3 Å². The van der Waals surface area contributed by atoms with E-state index in [0.717, 1.165) is 28.2 Å². The molecule has 5 nitrogen and oxygen atoms in total. The molecule has 0 fully saturated rings. The van der Waals surface area contributed by atoms with Crippen LogP contribution in [0.5, 0.6) is 5.75 Å². The minimum atomic E-state index is -0.193. The first-order valence-electron chi connectivity index (χ1n) is 8.40. The van der Waals surface area contributed by atoms with Gasteiger partial charge in [0.1, 0.15) is 5.75 Å². The van der Waals surface area contributed by atoms with Crippen molar-refractivity contribution in [3.8, 4) is 17.0 Å². The van der Waals surface area contributed by atoms with E-state index in [1.54, 1.807) is 0 Å². The van der Waals surface area contributed by atoms with Gasteiger partial charge in [0.15, 0.2) is 11.7 Å². The lowest BCUT2D eigenvalue weighted by Gasteiger charge is -2.08. The molecule has 3 rings (SSSR count). The molecule has 1 aromatic heterocycles. The second kappa shape index (κ2) is 8.01. The number of carbonyl (C=O) groups excluding carboxylic acids is 1. The van der Waals surface area contributed by atoms with Crippen molar-refractivity contribution >= 4 is 28.1 Å². The Morgan fingerprint density at radius 3 is 2.42 bits per heavy atom. The lowest BCUT2D eigenvalue weighted by molar-refractivity contribution is -0.118. The van der Waals surface area contributed by atoms with Crippen LogP contribution in [0.15, 0.2) is 48.5 Å². The van der Waals surface area contributed by atoms with Crippen molar-refractivity contribution in [2.45, 2.75) is 20.3 Å². The molecular weight excluding hydrogens is 346 g/mol. The Kier molecular flexibility index (Phi) is 5.53. The van der Waals surface area contributed by atoms with Crippen LogP contribution in [0.3, 0.4) is 0 Å². The van der Waals surface area contributed by atoms with Gasteiger partial charge in [-0.05, 0) is 55.3 Å². The number of nitrogens with one attached hydrogen (secondary N) is 1. The minimum Gasteiger partial charge on any atom is -0.484 e. The fourth-order valence-electron chi connectivity index (χ4n) is 2.56. The Hall–Kier alpha value is -2.86. The van der Waals surface area contributed by atoms with E-state index in [-0.39, 0.29) is 12.5 Å². The van der Waals surface area contributed by atoms with Crippen molar-refractivity contribution in [3.05, 3.63) is 59.0 Å². The average molecular weight is 367 g/mol. The number of carbonyl (C=O) groups is 1. The highest BCUT2D eigenvalue weighted by Gasteiger charge is 2.09. The van der Waals surface area contributed by atoms with Gasteiger partial charge < -0.3 is 15.8 Å². The second-order valence-electron chi connectivity index (χ2n) is 5.87. The fraction of sp³-hybridized carbons (Fsp3) is 0.200. The first kappa shape index (κ1) is 17.9. The van der Waals surface area contributed by atoms with Crippen LogP contribution in [0.1, 0.15) is 17.4 Å². The van der Waals surface area contributed by atoms with Crippen LogP contribution < -0.4 is 15.8 Å². The zero-order valence-corrected chi connectivity index (χ0v) is 15.6. The number of amides is 1. The molecule has 0 aliphatic carbocycles. The summed E-state index contributed by atoms with van der Waals surface area (Å²) in [5.74, 6) is 0.438. The average Bonchev–Trinajstić information content (AvgIpc) is 2.99. The van der Waals surface area contributed by atoms with Crippen molar-refractivity contribution in [2.75, 3.05) is 17.7 Å². The lowest BCUT2D eigenvalue weighted by Crippen LogP contribution is -2.20. The van der Waals surface area contributed by atoms with Gasteiger partial charge in [0, 0.05) is 16.1 Å². The number of nitrogen functional groups attached to an aromatic ring is 1. The first-order valence-corrected chi connectivity index (χ1v) is 9.21. The maximum atomic E-state index is 12.0. The van der Waals surface area contributed by atoms with Crippen LogP contribution >= 0.6 is 11.3 Å². The van der Waals surface area contributed by atoms with Gasteiger partial charge in [-0.3, -0.25) is 4.79 Å². The van der Waals surface area contributed by atoms with Gasteiger partial charge in [-0.15, -0.1) is 11.3 Å². The quantitative estimate of drug-likeness (QED) is 0.682. The molecule has 0 radical (unpaired) electrons. The molecule has 1 heterocycles. The maximum absolute atomic E-state index is 12.0. The van der Waals surface area contributed by atoms with Crippen molar-refractivity contribution in [2.24, 2.45) is 0 Å². The van der Waals surface area contributed by atoms with Crippen LogP contribution in [-0.4, -0.2) is 17.5 Å². The third kappa shape index (κ3) is 4.40. The Bertz CT molecular complexity index is 886. The number of benzene rings is 2. The van der Waals surface area contributed by atoms with Crippen LogP contribution in [0.2, 0.25) is 0 Å². The molecule has 0 saturated heterocycles. The van der Waals surface area contributed by atoms with E-state index in [4.69, 9.17) is 10.5 Å². The number of thiazole rings is 1. The number of aryl methyl sites for hydroxylation is 2. The summed E-state index contributed by atoms with van der Waals surface area (Å²) in [7, 11) is 0. The minimum absolute atomic E-state index is 0.0441. The zero-order valence-electron chi connectivity index (χ0n) is 14.8. The molecule has 26 heavy (non-hydrogen) atoms. The summed E-state index contributed by atoms with van der Waals surface area (Å²) in [6, 6.07) is 15.3. The third-order valence-electron chi connectivity index (χ3n) is 3.96. The van der Waals surface area contributed by atoms with Gasteiger partial charge >= 0.3 is 0 Å². The molecule has 3 aromatic rings. The Labute approximate surface area is 156 Å². The van der Waals surface area contributed by atoms with E-state index >= 15 is 0 Å². The second-order valence-corrected chi connectivity index (χ2v) is 7.10. The van der Waals surface area contributed by atoms with Crippen LogP contribution in [0, 0.1) is 6.92 Å². The Balaban J connectivity index is 1.55. The molecule has 0 spiro atoms. The van der Waals surface area contributed by atoms with E-state index in [0.29, 0.717) is 10.9 Å². The predicted molar refractivity (Wildman–Crippen MR) is 107 cm³/mol. The normalized spacial score (nSPS) is 10.5. The van der Waals surface area contributed by atoms with E-state index in [1.165, 1.54) is 16.9 Å². The zero-order chi connectivity index (χ0) is 18.5. The molecule has 0 bridgehead atoms. The van der Waals surface area contributed by atoms with Gasteiger partial charge in [-0.2, -0.15) is 0 Å². The summed E-state index contributed by atoms with van der Waals surface area (Å²) in [6.07, 6.45) is 0.973. The number of ether oxygens (including phenoxy) is 1. The Morgan fingerprint density at radius 1 is 1.15 bits per heavy atom. The maximum Gasteiger partial charge on any atom is 0.262 e. The van der Waals surface area contributed by atoms with Crippen LogP contribution in [-0.2, 0) is 11.2 Å². The molecule has 2 aromatic carbocycles. The van der Waals surface area contributed by atoms with Gasteiger partial charge in [0.25, 0.3) is 5.91 Å². The molecule has 0 unspecified atom stereocenters. The third-order valence-corrected chi connectivity index (χ3v) is 4.76.